The first-order valence-electron chi connectivity index (χ1n) is 10.9. The van der Waals surface area contributed by atoms with Gasteiger partial charge in [0.15, 0.2) is 5.78 Å². The summed E-state index contributed by atoms with van der Waals surface area (Å²) in [4.78, 5) is 53.4. The van der Waals surface area contributed by atoms with Crippen LogP contribution in [0.2, 0.25) is 0 Å². The van der Waals surface area contributed by atoms with Crippen molar-refractivity contribution in [2.75, 3.05) is 6.54 Å². The van der Waals surface area contributed by atoms with Gasteiger partial charge < -0.3 is 10.1 Å². The molecule has 1 aliphatic rings. The molecule has 1 N–H and O–H groups in total. The number of ether oxygens (including phenoxy) is 1. The van der Waals surface area contributed by atoms with Crippen molar-refractivity contribution in [1.29, 1.82) is 0 Å². The standard InChI is InChI=1S/C27H24N2O5/c1-19(21-13-7-3-8-14-21)29-25(32)27(34-26(29)33,17-20-11-5-2-6-12-20)24(31)28-18-23(30)22-15-9-4-10-16-22/h2-16,19H,17-18H2,1H3,(H,28,31)/t19-,27-/m1/s1. The van der Waals surface area contributed by atoms with Crippen LogP contribution in [0.5, 0.6) is 0 Å². The summed E-state index contributed by atoms with van der Waals surface area (Å²) in [6.45, 7) is 1.36. The summed E-state index contributed by atoms with van der Waals surface area (Å²) in [7, 11) is 0. The van der Waals surface area contributed by atoms with Crippen LogP contribution in [-0.2, 0) is 20.7 Å². The summed E-state index contributed by atoms with van der Waals surface area (Å²) < 4.78 is 5.53. The third-order valence-corrected chi connectivity index (χ3v) is 5.86. The third kappa shape index (κ3) is 4.45. The minimum atomic E-state index is -2.11. The maximum atomic E-state index is 13.6. The Bertz CT molecular complexity index is 1200. The first kappa shape index (κ1) is 22.9. The zero-order valence-corrected chi connectivity index (χ0v) is 18.6. The molecule has 0 spiro atoms. The number of rotatable bonds is 8. The van der Waals surface area contributed by atoms with Crippen molar-refractivity contribution < 1.29 is 23.9 Å². The highest BCUT2D eigenvalue weighted by Crippen LogP contribution is 2.35. The molecule has 0 bridgehead atoms. The monoisotopic (exact) mass is 456 g/mol. The number of hydrogen-bond acceptors (Lipinski definition) is 5. The number of hydrogen-bond donors (Lipinski definition) is 1. The maximum Gasteiger partial charge on any atom is 0.418 e. The summed E-state index contributed by atoms with van der Waals surface area (Å²) >= 11 is 0. The number of nitrogens with one attached hydrogen (secondary N) is 1. The topological polar surface area (TPSA) is 92.8 Å². The average Bonchev–Trinajstić information content (AvgIpc) is 3.13. The molecule has 34 heavy (non-hydrogen) atoms. The summed E-state index contributed by atoms with van der Waals surface area (Å²) in [6, 6.07) is 25.7. The van der Waals surface area contributed by atoms with Gasteiger partial charge in [0.25, 0.3) is 17.4 Å². The number of imide groups is 1. The van der Waals surface area contributed by atoms with Crippen LogP contribution in [0.15, 0.2) is 91.0 Å². The molecular formula is C27H24N2O5. The molecule has 1 saturated heterocycles. The molecule has 7 nitrogen and oxygen atoms in total. The van der Waals surface area contributed by atoms with Crippen LogP contribution in [0.4, 0.5) is 4.79 Å². The van der Waals surface area contributed by atoms with Gasteiger partial charge >= 0.3 is 6.09 Å². The Morgan fingerprint density at radius 2 is 1.44 bits per heavy atom. The average molecular weight is 456 g/mol. The summed E-state index contributed by atoms with van der Waals surface area (Å²) in [5, 5.41) is 2.52. The third-order valence-electron chi connectivity index (χ3n) is 5.86. The van der Waals surface area contributed by atoms with Crippen molar-refractivity contribution in [3.63, 3.8) is 0 Å². The van der Waals surface area contributed by atoms with Gasteiger partial charge in [0, 0.05) is 12.0 Å². The Morgan fingerprint density at radius 3 is 2.06 bits per heavy atom. The minimum Gasteiger partial charge on any atom is -0.422 e. The van der Waals surface area contributed by atoms with Gasteiger partial charge in [-0.1, -0.05) is 91.0 Å². The van der Waals surface area contributed by atoms with Crippen molar-refractivity contribution in [3.05, 3.63) is 108 Å². The molecule has 1 fully saturated rings. The van der Waals surface area contributed by atoms with Gasteiger partial charge in [-0.25, -0.2) is 9.69 Å². The SMILES string of the molecule is C[C@H](c1ccccc1)N1C(=O)O[C@](Cc2ccccc2)(C(=O)NCC(=O)c2ccccc2)C1=O. The molecule has 0 saturated carbocycles. The van der Waals surface area contributed by atoms with Gasteiger partial charge in [-0.15, -0.1) is 0 Å². The molecule has 0 aromatic heterocycles. The number of benzene rings is 3. The number of nitrogens with zero attached hydrogens (tertiary/aromatic N) is 1. The molecule has 0 aliphatic carbocycles. The van der Waals surface area contributed by atoms with Crippen molar-refractivity contribution in [3.8, 4) is 0 Å². The number of carbonyl (C=O) groups excluding carboxylic acids is 4. The Balaban J connectivity index is 1.62. The second-order valence-corrected chi connectivity index (χ2v) is 8.09. The zero-order chi connectivity index (χ0) is 24.1. The molecule has 1 heterocycles. The van der Waals surface area contributed by atoms with Gasteiger partial charge in [0.05, 0.1) is 12.6 Å². The molecule has 3 aromatic carbocycles. The van der Waals surface area contributed by atoms with E-state index in [0.29, 0.717) is 11.1 Å². The zero-order valence-electron chi connectivity index (χ0n) is 18.6. The van der Waals surface area contributed by atoms with Crippen LogP contribution >= 0.6 is 0 Å². The van der Waals surface area contributed by atoms with Crippen LogP contribution in [0.25, 0.3) is 0 Å². The fourth-order valence-electron chi connectivity index (χ4n) is 3.98. The van der Waals surface area contributed by atoms with E-state index in [9.17, 15) is 19.2 Å². The van der Waals surface area contributed by atoms with Gasteiger partial charge in [-0.05, 0) is 18.1 Å². The highest BCUT2D eigenvalue weighted by atomic mass is 16.6. The maximum absolute atomic E-state index is 13.6. The first-order valence-corrected chi connectivity index (χ1v) is 10.9. The summed E-state index contributed by atoms with van der Waals surface area (Å²) in [5.74, 6) is -1.92. The second kappa shape index (κ2) is 9.70. The summed E-state index contributed by atoms with van der Waals surface area (Å²) in [5.41, 5.74) is -0.322. The Hall–Kier alpha value is -4.26. The Labute approximate surface area is 197 Å². The highest BCUT2D eigenvalue weighted by molar-refractivity contribution is 6.18. The highest BCUT2D eigenvalue weighted by Gasteiger charge is 2.60. The molecule has 0 radical (unpaired) electrons. The van der Waals surface area contributed by atoms with Gasteiger partial charge in [0.2, 0.25) is 0 Å². The predicted molar refractivity (Wildman–Crippen MR) is 125 cm³/mol. The first-order chi connectivity index (χ1) is 16.4. The van der Waals surface area contributed by atoms with Crippen LogP contribution in [0.1, 0.15) is 34.5 Å². The second-order valence-electron chi connectivity index (χ2n) is 8.09. The van der Waals surface area contributed by atoms with E-state index in [2.05, 4.69) is 5.32 Å². The molecule has 1 aliphatic heterocycles. The number of cyclic esters (lactones) is 1. The summed E-state index contributed by atoms with van der Waals surface area (Å²) in [6.07, 6.45) is -1.05. The van der Waals surface area contributed by atoms with E-state index in [1.165, 1.54) is 0 Å². The van der Waals surface area contributed by atoms with Crippen LogP contribution < -0.4 is 5.32 Å². The smallest absolute Gasteiger partial charge is 0.418 e. The van der Waals surface area contributed by atoms with Crippen LogP contribution in [-0.4, -0.2) is 40.7 Å². The molecule has 3 amide bonds. The minimum absolute atomic E-state index is 0.151. The predicted octanol–water partition coefficient (Wildman–Crippen LogP) is 3.71. The van der Waals surface area contributed by atoms with E-state index < -0.39 is 29.6 Å². The lowest BCUT2D eigenvalue weighted by Crippen LogP contribution is -2.55. The van der Waals surface area contributed by atoms with E-state index in [1.54, 1.807) is 91.9 Å². The number of amides is 3. The fourth-order valence-corrected chi connectivity index (χ4v) is 3.98. The Kier molecular flexibility index (Phi) is 6.54. The van der Waals surface area contributed by atoms with E-state index >= 15 is 0 Å². The number of Topliss-reactive ketones (excluding diaryl/α,β-unsaturated/α-hetero) is 1. The number of ketones is 1. The van der Waals surface area contributed by atoms with Crippen LogP contribution in [0.3, 0.4) is 0 Å². The molecular weight excluding hydrogens is 432 g/mol. The van der Waals surface area contributed by atoms with E-state index in [4.69, 9.17) is 4.74 Å². The van der Waals surface area contributed by atoms with E-state index in [0.717, 1.165) is 10.5 Å². The lowest BCUT2D eigenvalue weighted by Gasteiger charge is -2.25. The van der Waals surface area contributed by atoms with Crippen molar-refractivity contribution in [2.24, 2.45) is 0 Å². The van der Waals surface area contributed by atoms with E-state index in [1.807, 2.05) is 6.07 Å². The molecule has 2 atom stereocenters. The largest absolute Gasteiger partial charge is 0.422 e. The molecule has 7 heteroatoms. The fraction of sp³-hybridized carbons (Fsp3) is 0.185. The molecule has 172 valence electrons. The molecule has 4 rings (SSSR count). The normalized spacial score (nSPS) is 18.3. The van der Waals surface area contributed by atoms with Gasteiger partial charge in [0.1, 0.15) is 0 Å². The van der Waals surface area contributed by atoms with Crippen molar-refractivity contribution in [2.45, 2.75) is 25.0 Å². The lowest BCUT2D eigenvalue weighted by molar-refractivity contribution is -0.149. The lowest BCUT2D eigenvalue weighted by atomic mass is 9.91. The molecule has 3 aromatic rings. The van der Waals surface area contributed by atoms with E-state index in [-0.39, 0.29) is 18.7 Å². The van der Waals surface area contributed by atoms with Crippen molar-refractivity contribution in [1.82, 2.24) is 10.2 Å². The van der Waals surface area contributed by atoms with Gasteiger partial charge in [-0.2, -0.15) is 0 Å². The van der Waals surface area contributed by atoms with Crippen LogP contribution in [0, 0.1) is 0 Å². The van der Waals surface area contributed by atoms with Gasteiger partial charge in [-0.3, -0.25) is 14.4 Å². The van der Waals surface area contributed by atoms with Crippen molar-refractivity contribution >= 4 is 23.7 Å². The Morgan fingerprint density at radius 1 is 0.882 bits per heavy atom. The quantitative estimate of drug-likeness (QED) is 0.412. The number of carbonyl (C=O) groups is 4. The molecule has 0 unspecified atom stereocenters.